The number of nitrogens with one attached hydrogen (secondary N) is 1. The van der Waals surface area contributed by atoms with Gasteiger partial charge in [0.2, 0.25) is 0 Å². The second-order valence-electron chi connectivity index (χ2n) is 6.06. The largest absolute Gasteiger partial charge is 0.399 e. The highest BCUT2D eigenvalue weighted by atomic mass is 35.5. The van der Waals surface area contributed by atoms with E-state index in [0.717, 1.165) is 0 Å². The van der Waals surface area contributed by atoms with Crippen LogP contribution in [0.25, 0.3) is 0 Å². The van der Waals surface area contributed by atoms with E-state index in [-0.39, 0.29) is 18.2 Å². The van der Waals surface area contributed by atoms with E-state index in [1.807, 2.05) is 6.07 Å². The Morgan fingerprint density at radius 2 is 1.65 bits per heavy atom. The van der Waals surface area contributed by atoms with Gasteiger partial charge in [0.15, 0.2) is 5.71 Å². The van der Waals surface area contributed by atoms with Crippen molar-refractivity contribution in [3.63, 3.8) is 0 Å². The summed E-state index contributed by atoms with van der Waals surface area (Å²) < 4.78 is 0. The van der Waals surface area contributed by atoms with Crippen molar-refractivity contribution in [1.82, 2.24) is 5.32 Å². The minimum Gasteiger partial charge on any atom is -0.399 e. The summed E-state index contributed by atoms with van der Waals surface area (Å²) in [6, 6.07) is 12.2. The van der Waals surface area contributed by atoms with Crippen LogP contribution in [0.15, 0.2) is 57.9 Å². The average Bonchev–Trinajstić information content (AvgIpc) is 2.76. The van der Waals surface area contributed by atoms with Gasteiger partial charge in [0.05, 0.1) is 5.02 Å². The van der Waals surface area contributed by atoms with Crippen LogP contribution >= 0.6 is 23.2 Å². The molecule has 0 spiro atoms. The van der Waals surface area contributed by atoms with Crippen molar-refractivity contribution in [1.29, 1.82) is 0 Å². The van der Waals surface area contributed by atoms with Crippen molar-refractivity contribution in [3.8, 4) is 0 Å². The van der Waals surface area contributed by atoms with Crippen LogP contribution in [0.2, 0.25) is 10.0 Å². The number of carbonyl (C=O) groups excluding carboxylic acids is 1. The predicted molar refractivity (Wildman–Crippen MR) is 122 cm³/mol. The Bertz CT molecular complexity index is 1020. The Balaban J connectivity index is 2.28. The maximum Gasteiger partial charge on any atom is 0.273 e. The number of halogens is 2. The molecule has 0 bridgehead atoms. The molecule has 2 aromatic rings. The minimum absolute atomic E-state index is 0.0713. The molecule has 0 saturated carbocycles. The third-order valence-corrected chi connectivity index (χ3v) is 4.58. The van der Waals surface area contributed by atoms with Gasteiger partial charge < -0.3 is 19.8 Å². The summed E-state index contributed by atoms with van der Waals surface area (Å²) >= 11 is 12.3. The van der Waals surface area contributed by atoms with Crippen LogP contribution in [0.1, 0.15) is 23.6 Å². The lowest BCUT2D eigenvalue weighted by molar-refractivity contribution is -0.114. The fraction of sp³-hybridized carbons (Fsp3) is 0.238. The van der Waals surface area contributed by atoms with Crippen LogP contribution in [-0.2, 0) is 25.9 Å². The molecule has 31 heavy (non-hydrogen) atoms. The Morgan fingerprint density at radius 3 is 2.29 bits per heavy atom. The molecular weight excluding hydrogens is 443 g/mol. The van der Waals surface area contributed by atoms with Gasteiger partial charge in [-0.3, -0.25) is 4.79 Å². The molecule has 0 atom stereocenters. The number of likely N-dealkylation sites (N-methyl/N-ethyl adjacent to an activating group) is 1. The van der Waals surface area contributed by atoms with E-state index in [4.69, 9.17) is 37.7 Å². The van der Waals surface area contributed by atoms with Crippen molar-refractivity contribution in [2.24, 2.45) is 15.5 Å². The highest BCUT2D eigenvalue weighted by molar-refractivity contribution is 6.51. The fourth-order valence-corrected chi connectivity index (χ4v) is 3.12. The molecule has 0 saturated heterocycles. The van der Waals surface area contributed by atoms with Gasteiger partial charge in [-0.05, 0) is 25.1 Å². The van der Waals surface area contributed by atoms with E-state index in [1.165, 1.54) is 21.3 Å². The summed E-state index contributed by atoms with van der Waals surface area (Å²) in [5.41, 5.74) is 2.79. The lowest BCUT2D eigenvalue weighted by atomic mass is 10.0. The van der Waals surface area contributed by atoms with Crippen LogP contribution in [0.4, 0.5) is 0 Å². The highest BCUT2D eigenvalue weighted by Gasteiger charge is 2.18. The van der Waals surface area contributed by atoms with Crippen LogP contribution < -0.4 is 5.32 Å². The molecule has 0 aliphatic carbocycles. The zero-order valence-electron chi connectivity index (χ0n) is 17.5. The van der Waals surface area contributed by atoms with Crippen LogP contribution in [0, 0.1) is 0 Å². The van der Waals surface area contributed by atoms with Crippen molar-refractivity contribution >= 4 is 46.2 Å². The van der Waals surface area contributed by atoms with Crippen LogP contribution in [0.5, 0.6) is 0 Å². The molecule has 0 radical (unpaired) electrons. The van der Waals surface area contributed by atoms with Gasteiger partial charge in [0, 0.05) is 28.8 Å². The number of rotatable bonds is 9. The van der Waals surface area contributed by atoms with Crippen molar-refractivity contribution in [3.05, 3.63) is 69.2 Å². The number of nitrogens with zero attached hydrogens (tertiary/aromatic N) is 3. The quantitative estimate of drug-likeness (QED) is 0.447. The first kappa shape index (κ1) is 24.2. The third-order valence-electron chi connectivity index (χ3n) is 4.03. The van der Waals surface area contributed by atoms with Gasteiger partial charge in [-0.2, -0.15) is 0 Å². The first-order valence-electron chi connectivity index (χ1n) is 9.07. The standard InChI is InChI=1S/C21H22Cl2N4O4/c1-13(19(26-29-3)17-10-9-15(22)11-18(17)23)25-31-12-14-7-5-6-8-16(14)20(27-30-4)21(28)24-2/h5-11H,12H2,1-4H3,(H,24,28)/b25-13+,26-19-,27-20-. The van der Waals surface area contributed by atoms with Gasteiger partial charge >= 0.3 is 0 Å². The van der Waals surface area contributed by atoms with Gasteiger partial charge in [0.1, 0.15) is 32.2 Å². The first-order valence-corrected chi connectivity index (χ1v) is 9.83. The zero-order valence-corrected chi connectivity index (χ0v) is 19.0. The second kappa shape index (κ2) is 11.9. The van der Waals surface area contributed by atoms with Crippen LogP contribution in [0.3, 0.4) is 0 Å². The summed E-state index contributed by atoms with van der Waals surface area (Å²) in [6.07, 6.45) is 0. The molecule has 2 rings (SSSR count). The molecule has 164 valence electrons. The minimum atomic E-state index is -0.388. The average molecular weight is 465 g/mol. The molecule has 0 aliphatic heterocycles. The Hall–Kier alpha value is -3.10. The molecule has 10 heteroatoms. The van der Waals surface area contributed by atoms with Crippen molar-refractivity contribution in [2.45, 2.75) is 13.5 Å². The Kier molecular flexibility index (Phi) is 9.30. The highest BCUT2D eigenvalue weighted by Crippen LogP contribution is 2.22. The molecule has 0 aromatic heterocycles. The smallest absolute Gasteiger partial charge is 0.273 e. The van der Waals surface area contributed by atoms with E-state index in [2.05, 4.69) is 20.8 Å². The van der Waals surface area contributed by atoms with Crippen molar-refractivity contribution in [2.75, 3.05) is 21.3 Å². The second-order valence-corrected chi connectivity index (χ2v) is 6.90. The first-order chi connectivity index (χ1) is 14.9. The SMILES string of the molecule is CNC(=O)/C(=N\OC)c1ccccc1CO/N=C(C)/C(=N/OC)c1ccc(Cl)cc1Cl. The Labute approximate surface area is 190 Å². The monoisotopic (exact) mass is 464 g/mol. The topological polar surface area (TPSA) is 93.9 Å². The molecule has 0 fully saturated rings. The molecule has 1 N–H and O–H groups in total. The number of oxime groups is 3. The number of hydrogen-bond donors (Lipinski definition) is 1. The molecule has 8 nitrogen and oxygen atoms in total. The predicted octanol–water partition coefficient (Wildman–Crippen LogP) is 4.03. The maximum atomic E-state index is 12.2. The lowest BCUT2D eigenvalue weighted by Gasteiger charge is -2.11. The van der Waals surface area contributed by atoms with Gasteiger partial charge in [-0.1, -0.05) is 62.9 Å². The van der Waals surface area contributed by atoms with Gasteiger partial charge in [-0.15, -0.1) is 0 Å². The van der Waals surface area contributed by atoms with Crippen molar-refractivity contribution < 1.29 is 19.3 Å². The zero-order chi connectivity index (χ0) is 22.8. The van der Waals surface area contributed by atoms with Gasteiger partial charge in [-0.25, -0.2) is 0 Å². The van der Waals surface area contributed by atoms with Crippen LogP contribution in [-0.4, -0.2) is 44.3 Å². The molecule has 2 aromatic carbocycles. The number of carbonyl (C=O) groups is 1. The number of hydrogen-bond acceptors (Lipinski definition) is 7. The van der Waals surface area contributed by atoms with Gasteiger partial charge in [0.25, 0.3) is 5.91 Å². The third kappa shape index (κ3) is 6.44. The lowest BCUT2D eigenvalue weighted by Crippen LogP contribution is -2.29. The maximum absolute atomic E-state index is 12.2. The number of amides is 1. The number of benzene rings is 2. The van der Waals surface area contributed by atoms with E-state index in [9.17, 15) is 4.79 Å². The normalized spacial score (nSPS) is 12.4. The Morgan fingerprint density at radius 1 is 0.968 bits per heavy atom. The summed E-state index contributed by atoms with van der Waals surface area (Å²) in [4.78, 5) is 27.4. The molecule has 1 amide bonds. The molecule has 0 aliphatic rings. The van der Waals surface area contributed by atoms with E-state index in [0.29, 0.717) is 38.2 Å². The molecular formula is C21H22Cl2N4O4. The van der Waals surface area contributed by atoms with E-state index < -0.39 is 0 Å². The summed E-state index contributed by atoms with van der Waals surface area (Å²) in [6.45, 7) is 1.78. The summed E-state index contributed by atoms with van der Waals surface area (Å²) in [5.74, 6) is -0.388. The fourth-order valence-electron chi connectivity index (χ4n) is 2.62. The van der Waals surface area contributed by atoms with E-state index >= 15 is 0 Å². The van der Waals surface area contributed by atoms with E-state index in [1.54, 1.807) is 43.3 Å². The molecule has 0 heterocycles. The summed E-state index contributed by atoms with van der Waals surface area (Å²) in [5, 5.41) is 15.4. The summed E-state index contributed by atoms with van der Waals surface area (Å²) in [7, 11) is 4.30. The molecule has 0 unspecified atom stereocenters.